The fourth-order valence-corrected chi connectivity index (χ4v) is 13.5. The molecule has 0 fully saturated rings. The maximum Gasteiger partial charge on any atom is 0.124 e. The quantitative estimate of drug-likeness (QED) is 0.167. The molecular weight excluding hydrogens is 877 g/mol. The van der Waals surface area contributed by atoms with Gasteiger partial charge in [0.25, 0.3) is 0 Å². The lowest BCUT2D eigenvalue weighted by atomic mass is 9.70. The molecule has 0 saturated heterocycles. The van der Waals surface area contributed by atoms with Crippen molar-refractivity contribution < 1.29 is 0 Å². The van der Waals surface area contributed by atoms with Gasteiger partial charge in [0.2, 0.25) is 0 Å². The number of hydrogen-bond acceptors (Lipinski definition) is 5. The number of hydrogen-bond donors (Lipinski definition) is 0. The number of aromatic nitrogens is 3. The molecule has 69 heavy (non-hydrogen) atoms. The summed E-state index contributed by atoms with van der Waals surface area (Å²) in [6, 6.07) is 84.8. The molecule has 0 unspecified atom stereocenters. The van der Waals surface area contributed by atoms with Gasteiger partial charge in [0.05, 0.1) is 36.9 Å². The first kappa shape index (κ1) is 38.7. The molecule has 0 amide bonds. The monoisotopic (exact) mass is 914 g/mol. The molecule has 322 valence electrons. The van der Waals surface area contributed by atoms with Crippen LogP contribution in [0.5, 0.6) is 0 Å². The summed E-state index contributed by atoms with van der Waals surface area (Å²) in [4.78, 5) is 12.4. The van der Waals surface area contributed by atoms with Crippen LogP contribution in [0.3, 0.4) is 0 Å². The van der Waals surface area contributed by atoms with E-state index in [1.807, 2.05) is 0 Å². The highest BCUT2D eigenvalue weighted by Gasteiger charge is 2.52. The third-order valence-electron chi connectivity index (χ3n) is 14.5. The average Bonchev–Trinajstić information content (AvgIpc) is 4.23. The summed E-state index contributed by atoms with van der Waals surface area (Å²) in [6.45, 7) is 0. The normalized spacial score (nSPS) is 13.0. The summed E-state index contributed by atoms with van der Waals surface area (Å²) in [7, 11) is 0. The zero-order chi connectivity index (χ0) is 45.2. The van der Waals surface area contributed by atoms with E-state index in [2.05, 4.69) is 240 Å². The van der Waals surface area contributed by atoms with Gasteiger partial charge in [-0.2, -0.15) is 0 Å². The Kier molecular flexibility index (Phi) is 8.29. The molecule has 0 saturated carbocycles. The zero-order valence-electron chi connectivity index (χ0n) is 37.0. The molecule has 2 aliphatic carbocycles. The first-order valence-corrected chi connectivity index (χ1v) is 25.0. The first-order chi connectivity index (χ1) is 34.2. The summed E-state index contributed by atoms with van der Waals surface area (Å²) in [5, 5.41) is 4.51. The Balaban J connectivity index is 0.925. The third kappa shape index (κ3) is 5.61. The molecule has 15 rings (SSSR count). The maximum absolute atomic E-state index is 5.05. The van der Waals surface area contributed by atoms with Crippen LogP contribution in [-0.4, -0.2) is 14.5 Å². The van der Waals surface area contributed by atoms with Crippen LogP contribution in [0.4, 0.5) is 17.1 Å². The van der Waals surface area contributed by atoms with Crippen molar-refractivity contribution in [3.63, 3.8) is 0 Å². The van der Waals surface area contributed by atoms with Gasteiger partial charge in [-0.15, -0.1) is 22.7 Å². The molecule has 1 spiro atoms. The van der Waals surface area contributed by atoms with Gasteiger partial charge in [-0.05, 0) is 154 Å². The number of para-hydroxylation sites is 4. The Morgan fingerprint density at radius 1 is 0.362 bits per heavy atom. The second-order valence-electron chi connectivity index (χ2n) is 18.1. The van der Waals surface area contributed by atoms with Crippen molar-refractivity contribution in [1.29, 1.82) is 0 Å². The molecule has 4 nitrogen and oxygen atoms in total. The summed E-state index contributed by atoms with van der Waals surface area (Å²) in [6.07, 6.45) is 0. The fourth-order valence-electron chi connectivity index (χ4n) is 11.5. The van der Waals surface area contributed by atoms with Crippen molar-refractivity contribution in [2.75, 3.05) is 4.90 Å². The minimum atomic E-state index is -0.568. The number of rotatable bonds is 6. The van der Waals surface area contributed by atoms with Gasteiger partial charge in [0.1, 0.15) is 10.0 Å². The summed E-state index contributed by atoms with van der Waals surface area (Å²) in [5.74, 6) is 0. The SMILES string of the molecule is c1ccc(N(c2ccc(-c3nc4ccccc4s3)cc2)c2ccc3c(c2)C2(c4ccccc4-c4ccccc42)c2cc(-n4c5ccccc5c5cc(-c6nc7ccccc7s6)ccc54)ccc2-3)cc1. The number of benzene rings is 10. The van der Waals surface area contributed by atoms with Crippen LogP contribution in [0, 0.1) is 0 Å². The fraction of sp³-hybridized carbons (Fsp3) is 0.0159. The minimum absolute atomic E-state index is 0.568. The highest BCUT2D eigenvalue weighted by Crippen LogP contribution is 2.64. The van der Waals surface area contributed by atoms with Crippen LogP contribution in [0.15, 0.2) is 231 Å². The number of nitrogens with zero attached hydrogens (tertiary/aromatic N) is 4. The smallest absolute Gasteiger partial charge is 0.124 e. The Morgan fingerprint density at radius 3 is 1.59 bits per heavy atom. The van der Waals surface area contributed by atoms with E-state index in [0.717, 1.165) is 54.9 Å². The topological polar surface area (TPSA) is 34.0 Å². The van der Waals surface area contributed by atoms with Crippen LogP contribution in [0.25, 0.3) is 91.3 Å². The molecule has 13 aromatic rings. The van der Waals surface area contributed by atoms with E-state index in [0.29, 0.717) is 0 Å². The highest BCUT2D eigenvalue weighted by atomic mass is 32.1. The van der Waals surface area contributed by atoms with Crippen molar-refractivity contribution >= 4 is 82.0 Å². The van der Waals surface area contributed by atoms with E-state index in [-0.39, 0.29) is 0 Å². The van der Waals surface area contributed by atoms with Gasteiger partial charge in [-0.1, -0.05) is 121 Å². The molecule has 0 N–H and O–H groups in total. The summed E-state index contributed by atoms with van der Waals surface area (Å²) in [5.41, 5.74) is 20.9. The second kappa shape index (κ2) is 14.8. The summed E-state index contributed by atoms with van der Waals surface area (Å²) < 4.78 is 4.87. The van der Waals surface area contributed by atoms with Crippen molar-refractivity contribution in [3.05, 3.63) is 253 Å². The van der Waals surface area contributed by atoms with Crippen LogP contribution < -0.4 is 4.90 Å². The third-order valence-corrected chi connectivity index (χ3v) is 16.6. The van der Waals surface area contributed by atoms with Crippen molar-refractivity contribution in [1.82, 2.24) is 14.5 Å². The van der Waals surface area contributed by atoms with E-state index >= 15 is 0 Å². The van der Waals surface area contributed by atoms with Crippen molar-refractivity contribution in [2.24, 2.45) is 0 Å². The molecule has 6 heteroatoms. The lowest BCUT2D eigenvalue weighted by Gasteiger charge is -2.32. The standard InChI is InChI=1S/C63H38N4S2/c1-2-14-41(15-3-1)66(42-29-26-39(27-30-42)61-64-55-21-9-12-24-59(55)68-61)43-31-33-47-48-34-32-44(38-54(48)63(53(47)37-43)51-19-7-4-16-45(51)46-17-5-8-20-52(46)63)67-57-23-11-6-18-49(57)50-36-40(28-35-58(50)67)62-65-56-22-10-13-25-60(56)69-62/h1-38H. The van der Waals surface area contributed by atoms with E-state index in [1.54, 1.807) is 22.7 Å². The molecular formula is C63H38N4S2. The number of anilines is 3. The molecule has 0 bridgehead atoms. The van der Waals surface area contributed by atoms with Gasteiger partial charge in [0.15, 0.2) is 0 Å². The van der Waals surface area contributed by atoms with Crippen LogP contribution in [-0.2, 0) is 5.41 Å². The van der Waals surface area contributed by atoms with Crippen LogP contribution in [0.2, 0.25) is 0 Å². The molecule has 0 aliphatic heterocycles. The lowest BCUT2D eigenvalue weighted by molar-refractivity contribution is 0.792. The average molecular weight is 915 g/mol. The lowest BCUT2D eigenvalue weighted by Crippen LogP contribution is -2.26. The predicted molar refractivity (Wildman–Crippen MR) is 289 cm³/mol. The van der Waals surface area contributed by atoms with Gasteiger partial charge in [-0.25, -0.2) is 9.97 Å². The summed E-state index contributed by atoms with van der Waals surface area (Å²) >= 11 is 3.49. The Hall–Kier alpha value is -8.42. The number of fused-ring (bicyclic) bond motifs is 15. The molecule has 2 aliphatic rings. The van der Waals surface area contributed by atoms with Crippen LogP contribution >= 0.6 is 22.7 Å². The van der Waals surface area contributed by atoms with Gasteiger partial charge in [0, 0.05) is 44.6 Å². The molecule has 3 heterocycles. The van der Waals surface area contributed by atoms with Crippen molar-refractivity contribution in [2.45, 2.75) is 5.41 Å². The van der Waals surface area contributed by atoms with E-state index in [9.17, 15) is 0 Å². The van der Waals surface area contributed by atoms with Gasteiger partial charge < -0.3 is 9.47 Å². The number of thiazole rings is 2. The van der Waals surface area contributed by atoms with E-state index < -0.39 is 5.41 Å². The zero-order valence-corrected chi connectivity index (χ0v) is 38.7. The van der Waals surface area contributed by atoms with Gasteiger partial charge in [-0.3, -0.25) is 0 Å². The van der Waals surface area contributed by atoms with Gasteiger partial charge >= 0.3 is 0 Å². The minimum Gasteiger partial charge on any atom is -0.310 e. The Labute approximate surface area is 406 Å². The maximum atomic E-state index is 5.05. The molecule has 0 radical (unpaired) electrons. The molecule has 3 aromatic heterocycles. The van der Waals surface area contributed by atoms with E-state index in [4.69, 9.17) is 9.97 Å². The molecule has 10 aromatic carbocycles. The van der Waals surface area contributed by atoms with Crippen molar-refractivity contribution in [3.8, 4) is 49.1 Å². The van der Waals surface area contributed by atoms with E-state index in [1.165, 1.54) is 75.7 Å². The first-order valence-electron chi connectivity index (χ1n) is 23.4. The Bertz CT molecular complexity index is 4110. The Morgan fingerprint density at radius 2 is 0.884 bits per heavy atom. The second-order valence-corrected chi connectivity index (χ2v) is 20.1. The van der Waals surface area contributed by atoms with Crippen LogP contribution in [0.1, 0.15) is 22.3 Å². The predicted octanol–water partition coefficient (Wildman–Crippen LogP) is 17.2. The largest absolute Gasteiger partial charge is 0.310 e. The highest BCUT2D eigenvalue weighted by molar-refractivity contribution is 7.22. The molecule has 0 atom stereocenters.